The molecule has 180 valence electrons. The number of amides is 3. The van der Waals surface area contributed by atoms with E-state index in [-0.39, 0.29) is 30.1 Å². The summed E-state index contributed by atoms with van der Waals surface area (Å²) in [6, 6.07) is 7.25. The maximum atomic E-state index is 13.4. The number of benzene rings is 1. The molecule has 1 unspecified atom stereocenters. The molecule has 1 aromatic heterocycles. The largest absolute Gasteiger partial charge is 0.491 e. The van der Waals surface area contributed by atoms with Crippen LogP contribution in [-0.4, -0.2) is 53.5 Å². The lowest BCUT2D eigenvalue weighted by atomic mass is 10.0. The summed E-state index contributed by atoms with van der Waals surface area (Å²) in [4.78, 5) is 31.0. The smallest absolute Gasteiger partial charge is 0.318 e. The second-order valence-corrected chi connectivity index (χ2v) is 10.9. The highest BCUT2D eigenvalue weighted by Gasteiger charge is 2.33. The van der Waals surface area contributed by atoms with Gasteiger partial charge in [0.15, 0.2) is 0 Å². The van der Waals surface area contributed by atoms with Gasteiger partial charge >= 0.3 is 6.03 Å². The van der Waals surface area contributed by atoms with Crippen molar-refractivity contribution in [2.75, 3.05) is 26.2 Å². The predicted octanol–water partition coefficient (Wildman–Crippen LogP) is 5.43. The maximum absolute atomic E-state index is 13.4. The third kappa shape index (κ3) is 6.64. The molecular weight excluding hydrogens is 458 g/mol. The molecule has 0 fully saturated rings. The van der Waals surface area contributed by atoms with E-state index in [9.17, 15) is 9.59 Å². The van der Waals surface area contributed by atoms with E-state index in [0.717, 1.165) is 29.7 Å². The van der Waals surface area contributed by atoms with Gasteiger partial charge in [0.2, 0.25) is 5.91 Å². The Balaban J connectivity index is 1.76. The molecule has 8 heteroatoms. The molecule has 0 aliphatic carbocycles. The molecule has 2 heterocycles. The lowest BCUT2D eigenvalue weighted by molar-refractivity contribution is -0.135. The maximum Gasteiger partial charge on any atom is 0.318 e. The van der Waals surface area contributed by atoms with Crippen LogP contribution < -0.4 is 10.1 Å². The first-order valence-corrected chi connectivity index (χ1v) is 12.7. The predicted molar refractivity (Wildman–Crippen MR) is 134 cm³/mol. The van der Waals surface area contributed by atoms with E-state index < -0.39 is 0 Å². The van der Waals surface area contributed by atoms with Gasteiger partial charge in [-0.2, -0.15) is 0 Å². The fourth-order valence-corrected chi connectivity index (χ4v) is 4.98. The number of fused-ring (bicyclic) bond motifs is 1. The number of hydrogen-bond acceptors (Lipinski definition) is 4. The second-order valence-electron chi connectivity index (χ2n) is 9.48. The summed E-state index contributed by atoms with van der Waals surface area (Å²) in [5.74, 6) is 0.661. The van der Waals surface area contributed by atoms with Crippen molar-refractivity contribution in [3.63, 3.8) is 0 Å². The molecule has 0 spiro atoms. The molecule has 33 heavy (non-hydrogen) atoms. The van der Waals surface area contributed by atoms with Crippen LogP contribution in [0.3, 0.4) is 0 Å². The van der Waals surface area contributed by atoms with Crippen molar-refractivity contribution >= 4 is 34.9 Å². The van der Waals surface area contributed by atoms with Crippen molar-refractivity contribution in [1.29, 1.82) is 0 Å². The number of carbonyl (C=O) groups excluding carboxylic acids is 2. The van der Waals surface area contributed by atoms with Gasteiger partial charge in [0.05, 0.1) is 6.04 Å². The first-order valence-electron chi connectivity index (χ1n) is 11.4. The fourth-order valence-electron chi connectivity index (χ4n) is 3.93. The van der Waals surface area contributed by atoms with Gasteiger partial charge in [0.1, 0.15) is 18.9 Å². The topological polar surface area (TPSA) is 61.9 Å². The number of rotatable bonds is 7. The Labute approximate surface area is 205 Å². The molecule has 6 nitrogen and oxygen atoms in total. The van der Waals surface area contributed by atoms with Crippen molar-refractivity contribution in [3.05, 3.63) is 50.7 Å². The monoisotopic (exact) mass is 491 g/mol. The summed E-state index contributed by atoms with van der Waals surface area (Å²) in [6.07, 6.45) is 1.60. The normalized spacial score (nSPS) is 15.7. The number of ether oxygens (including phenoxy) is 1. The number of nitrogens with zero attached hydrogens (tertiary/aromatic N) is 2. The number of hydrogen-bond donors (Lipinski definition) is 1. The molecule has 0 saturated carbocycles. The van der Waals surface area contributed by atoms with E-state index in [0.29, 0.717) is 24.7 Å². The minimum atomic E-state index is -0.365. The highest BCUT2D eigenvalue weighted by Crippen LogP contribution is 2.34. The van der Waals surface area contributed by atoms with Gasteiger partial charge in [0, 0.05) is 28.5 Å². The van der Waals surface area contributed by atoms with E-state index in [2.05, 4.69) is 16.8 Å². The van der Waals surface area contributed by atoms with Gasteiger partial charge in [-0.1, -0.05) is 18.5 Å². The molecule has 1 aliphatic heterocycles. The van der Waals surface area contributed by atoms with E-state index >= 15 is 0 Å². The molecule has 3 rings (SSSR count). The van der Waals surface area contributed by atoms with Crippen LogP contribution >= 0.6 is 22.9 Å². The van der Waals surface area contributed by atoms with Gasteiger partial charge in [-0.15, -0.1) is 11.3 Å². The van der Waals surface area contributed by atoms with Crippen LogP contribution in [0, 0.1) is 6.92 Å². The van der Waals surface area contributed by atoms with E-state index in [1.54, 1.807) is 16.2 Å². The average Bonchev–Trinajstić information content (AvgIpc) is 3.21. The molecule has 0 bridgehead atoms. The molecule has 3 amide bonds. The highest BCUT2D eigenvalue weighted by molar-refractivity contribution is 7.10. The standard InChI is InChI=1S/C25H34ClN3O3S/c1-6-11-28(24(31)27-25(3,4)5)15-23(30)29-12-9-22-19(10-13-33-22)21(29)16-32-18-7-8-20(26)17(2)14-18/h7-8,10,13-14,21H,6,9,11-12,15-16H2,1-5H3,(H,27,31). The van der Waals surface area contributed by atoms with Crippen molar-refractivity contribution in [2.45, 2.75) is 59.0 Å². The van der Waals surface area contributed by atoms with Crippen LogP contribution in [0.2, 0.25) is 5.02 Å². The van der Waals surface area contributed by atoms with E-state index in [4.69, 9.17) is 16.3 Å². The van der Waals surface area contributed by atoms with Gasteiger partial charge in [-0.3, -0.25) is 4.79 Å². The van der Waals surface area contributed by atoms with Crippen molar-refractivity contribution in [1.82, 2.24) is 15.1 Å². The number of carbonyl (C=O) groups is 2. The van der Waals surface area contributed by atoms with Crippen LogP contribution in [0.5, 0.6) is 5.75 Å². The van der Waals surface area contributed by atoms with Crippen LogP contribution in [0.1, 0.15) is 56.2 Å². The van der Waals surface area contributed by atoms with Gasteiger partial charge < -0.3 is 19.9 Å². The molecule has 1 atom stereocenters. The molecule has 1 aliphatic rings. The molecule has 1 N–H and O–H groups in total. The van der Waals surface area contributed by atoms with Gasteiger partial charge in [0.25, 0.3) is 0 Å². The first-order chi connectivity index (χ1) is 15.6. The number of urea groups is 1. The number of nitrogens with one attached hydrogen (secondary N) is 1. The minimum Gasteiger partial charge on any atom is -0.491 e. The Morgan fingerprint density at radius 1 is 1.30 bits per heavy atom. The summed E-state index contributed by atoms with van der Waals surface area (Å²) in [7, 11) is 0. The second kappa shape index (κ2) is 10.8. The van der Waals surface area contributed by atoms with E-state index in [1.807, 2.05) is 57.7 Å². The van der Waals surface area contributed by atoms with Gasteiger partial charge in [-0.05, 0) is 81.3 Å². The molecule has 2 aromatic rings. The summed E-state index contributed by atoms with van der Waals surface area (Å²) in [6.45, 7) is 11.3. The summed E-state index contributed by atoms with van der Waals surface area (Å²) in [5, 5.41) is 5.74. The third-order valence-corrected chi connectivity index (χ3v) is 6.96. The Bertz CT molecular complexity index is 986. The Morgan fingerprint density at radius 2 is 2.06 bits per heavy atom. The molecule has 0 saturated heterocycles. The molecular formula is C25H34ClN3O3S. The molecule has 0 radical (unpaired) electrons. The van der Waals surface area contributed by atoms with Gasteiger partial charge in [-0.25, -0.2) is 4.79 Å². The Kier molecular flexibility index (Phi) is 8.29. The first kappa shape index (κ1) is 25.4. The van der Waals surface area contributed by atoms with Crippen LogP contribution in [0.15, 0.2) is 29.6 Å². The van der Waals surface area contributed by atoms with Crippen molar-refractivity contribution < 1.29 is 14.3 Å². The lowest BCUT2D eigenvalue weighted by Crippen LogP contribution is -2.53. The number of halogens is 1. The molecule has 1 aromatic carbocycles. The van der Waals surface area contributed by atoms with Crippen LogP contribution in [0.4, 0.5) is 4.79 Å². The highest BCUT2D eigenvalue weighted by atomic mass is 35.5. The number of aryl methyl sites for hydroxylation is 1. The van der Waals surface area contributed by atoms with Crippen molar-refractivity contribution in [3.8, 4) is 5.75 Å². The minimum absolute atomic E-state index is 0.0474. The Morgan fingerprint density at radius 3 is 2.73 bits per heavy atom. The third-order valence-electron chi connectivity index (χ3n) is 5.54. The Hall–Kier alpha value is -2.25. The number of thiophene rings is 1. The average molecular weight is 492 g/mol. The SMILES string of the molecule is CCCN(CC(=O)N1CCc2sccc2C1COc1ccc(Cl)c(C)c1)C(=O)NC(C)(C)C. The fraction of sp³-hybridized carbons (Fsp3) is 0.520. The summed E-state index contributed by atoms with van der Waals surface area (Å²) in [5.41, 5.74) is 1.71. The summed E-state index contributed by atoms with van der Waals surface area (Å²) < 4.78 is 6.11. The zero-order valence-corrected chi connectivity index (χ0v) is 21.7. The van der Waals surface area contributed by atoms with Crippen molar-refractivity contribution in [2.24, 2.45) is 0 Å². The van der Waals surface area contributed by atoms with Crippen LogP contribution in [0.25, 0.3) is 0 Å². The summed E-state index contributed by atoms with van der Waals surface area (Å²) >= 11 is 7.86. The lowest BCUT2D eigenvalue weighted by Gasteiger charge is -2.37. The zero-order chi connectivity index (χ0) is 24.2. The zero-order valence-electron chi connectivity index (χ0n) is 20.1. The van der Waals surface area contributed by atoms with Crippen LogP contribution in [-0.2, 0) is 11.2 Å². The van der Waals surface area contributed by atoms with E-state index in [1.165, 1.54) is 4.88 Å². The quantitative estimate of drug-likeness (QED) is 0.561.